The zero-order chi connectivity index (χ0) is 28.6. The number of likely N-dealkylation sites (tertiary alicyclic amines) is 1. The number of nitrogens with one attached hydrogen (secondary N) is 1. The molecule has 2 fully saturated rings. The molecule has 8 nitrogen and oxygen atoms in total. The van der Waals surface area contributed by atoms with Crippen LogP contribution in [0.2, 0.25) is 0 Å². The van der Waals surface area contributed by atoms with Crippen molar-refractivity contribution in [2.75, 3.05) is 19.7 Å². The number of aromatic amines is 1. The number of alkyl halides is 3. The maximum absolute atomic E-state index is 12.8. The smallest absolute Gasteiger partial charge is 0.416 e. The second kappa shape index (κ2) is 11.7. The predicted octanol–water partition coefficient (Wildman–Crippen LogP) is 6.14. The fourth-order valence-electron chi connectivity index (χ4n) is 6.60. The van der Waals surface area contributed by atoms with Crippen LogP contribution in [0.1, 0.15) is 55.7 Å². The van der Waals surface area contributed by atoms with Gasteiger partial charge in [0.1, 0.15) is 11.1 Å². The van der Waals surface area contributed by atoms with Gasteiger partial charge in [0.25, 0.3) is 0 Å². The van der Waals surface area contributed by atoms with Crippen molar-refractivity contribution < 1.29 is 26.7 Å². The molecule has 1 aliphatic carbocycles. The molecule has 12 heteroatoms. The summed E-state index contributed by atoms with van der Waals surface area (Å²) in [7, 11) is 0. The molecule has 0 spiro atoms. The number of rotatable bonds is 7. The highest BCUT2D eigenvalue weighted by molar-refractivity contribution is 7.79. The maximum Gasteiger partial charge on any atom is 0.416 e. The zero-order valence-electron chi connectivity index (χ0n) is 22.4. The largest absolute Gasteiger partial charge is 0.493 e. The van der Waals surface area contributed by atoms with Crippen LogP contribution < -0.4 is 4.74 Å². The summed E-state index contributed by atoms with van der Waals surface area (Å²) in [5, 5.41) is 10.2. The van der Waals surface area contributed by atoms with Gasteiger partial charge in [0.2, 0.25) is 0 Å². The molecule has 4 aromatic rings. The number of hydrogen-bond acceptors (Lipinski definition) is 6. The minimum Gasteiger partial charge on any atom is -0.493 e. The third-order valence-electron chi connectivity index (χ3n) is 8.59. The van der Waals surface area contributed by atoms with E-state index in [-0.39, 0.29) is 17.8 Å². The van der Waals surface area contributed by atoms with Gasteiger partial charge in [0, 0.05) is 52.6 Å². The average molecular weight is 588 g/mol. The quantitative estimate of drug-likeness (QED) is 0.251. The molecule has 6 rings (SSSR count). The molecule has 1 aromatic carbocycles. The van der Waals surface area contributed by atoms with E-state index >= 15 is 0 Å². The van der Waals surface area contributed by atoms with E-state index in [0.29, 0.717) is 24.5 Å². The van der Waals surface area contributed by atoms with E-state index in [1.54, 1.807) is 18.6 Å². The number of aromatic nitrogens is 4. The number of benzene rings is 1. The van der Waals surface area contributed by atoms with Gasteiger partial charge in [0.15, 0.2) is 16.7 Å². The normalized spacial score (nSPS) is 24.0. The summed E-state index contributed by atoms with van der Waals surface area (Å²) in [5.41, 5.74) is 1.07. The van der Waals surface area contributed by atoms with E-state index in [1.807, 2.05) is 6.07 Å². The SMILES string of the molecule is O=S(O)C(C1CCC(c2[nH]ncc3cnc4nccc4c23)CC1)N1CCCC(COc2ccc(C(F)(F)F)cc2)C1. The van der Waals surface area contributed by atoms with Crippen molar-refractivity contribution in [3.05, 3.63) is 60.2 Å². The molecule has 1 saturated heterocycles. The average Bonchev–Trinajstić information content (AvgIpc) is 3.46. The van der Waals surface area contributed by atoms with Gasteiger partial charge >= 0.3 is 6.18 Å². The molecule has 0 bridgehead atoms. The molecule has 2 N–H and O–H groups in total. The van der Waals surface area contributed by atoms with Crippen molar-refractivity contribution >= 4 is 32.9 Å². The van der Waals surface area contributed by atoms with Crippen LogP contribution in [0.4, 0.5) is 13.2 Å². The minimum atomic E-state index is -4.38. The standard InChI is InChI=1S/C29H32F3N5O3S/c30-29(31,32)22-7-9-23(10-8-22)40-17-18-2-1-13-37(16-18)28(41(38)39)20-5-3-19(4-6-20)26-25-21(15-35-36-26)14-34-27-24(25)11-12-33-27/h7-12,14-15,18-20,28,36H,1-6,13,16-17H2,(H,38,39). The van der Waals surface area contributed by atoms with E-state index in [0.717, 1.165) is 79.1 Å². The second-order valence-corrected chi connectivity index (χ2v) is 12.2. The Morgan fingerprint density at radius 1 is 1.07 bits per heavy atom. The first-order valence-corrected chi connectivity index (χ1v) is 15.2. The summed E-state index contributed by atoms with van der Waals surface area (Å²) in [6.07, 6.45) is 6.14. The lowest BCUT2D eigenvalue weighted by Crippen LogP contribution is -2.49. The molecular weight excluding hydrogens is 555 g/mol. The lowest BCUT2D eigenvalue weighted by atomic mass is 9.78. The number of H-pyrrole nitrogens is 1. The summed E-state index contributed by atoms with van der Waals surface area (Å²) in [5.74, 6) is 0.846. The fourth-order valence-corrected chi connectivity index (χ4v) is 7.65. The molecule has 0 amide bonds. The molecule has 3 aromatic heterocycles. The minimum absolute atomic E-state index is 0.0804. The van der Waals surface area contributed by atoms with Gasteiger partial charge in [-0.3, -0.25) is 10.00 Å². The van der Waals surface area contributed by atoms with Gasteiger partial charge in [-0.1, -0.05) is 0 Å². The van der Waals surface area contributed by atoms with Crippen molar-refractivity contribution in [3.63, 3.8) is 0 Å². The summed E-state index contributed by atoms with van der Waals surface area (Å²) in [6.45, 7) is 1.71. The van der Waals surface area contributed by atoms with E-state index in [4.69, 9.17) is 4.74 Å². The molecule has 3 unspecified atom stereocenters. The van der Waals surface area contributed by atoms with Crippen LogP contribution >= 0.6 is 0 Å². The van der Waals surface area contributed by atoms with Gasteiger partial charge in [-0.25, -0.2) is 14.2 Å². The monoisotopic (exact) mass is 587 g/mol. The van der Waals surface area contributed by atoms with Gasteiger partial charge < -0.3 is 9.29 Å². The highest BCUT2D eigenvalue weighted by Gasteiger charge is 2.38. The molecule has 0 radical (unpaired) electrons. The topological polar surface area (TPSA) is 104 Å². The number of nitrogens with zero attached hydrogens (tertiary/aromatic N) is 4. The van der Waals surface area contributed by atoms with Crippen molar-refractivity contribution in [2.24, 2.45) is 11.8 Å². The fraction of sp³-hybridized carbons (Fsp3) is 0.483. The summed E-state index contributed by atoms with van der Waals surface area (Å²) in [4.78, 5) is 10.9. The third kappa shape index (κ3) is 5.96. The highest BCUT2D eigenvalue weighted by Crippen LogP contribution is 2.41. The molecular formula is C29H32F3N5O3S. The summed E-state index contributed by atoms with van der Waals surface area (Å²) >= 11 is -2.01. The van der Waals surface area contributed by atoms with Crippen molar-refractivity contribution in [1.29, 1.82) is 0 Å². The van der Waals surface area contributed by atoms with Crippen LogP contribution in [-0.4, -0.2) is 58.9 Å². The Bertz CT molecular complexity index is 1520. The van der Waals surface area contributed by atoms with E-state index < -0.39 is 28.2 Å². The predicted molar refractivity (Wildman–Crippen MR) is 150 cm³/mol. The van der Waals surface area contributed by atoms with Gasteiger partial charge in [-0.2, -0.15) is 18.3 Å². The molecule has 3 atom stereocenters. The second-order valence-electron chi connectivity index (χ2n) is 11.2. The lowest BCUT2D eigenvalue weighted by Gasteiger charge is -2.42. The maximum atomic E-state index is 12.8. The van der Waals surface area contributed by atoms with E-state index in [9.17, 15) is 21.9 Å². The first kappa shape index (κ1) is 28.0. The van der Waals surface area contributed by atoms with E-state index in [1.165, 1.54) is 12.1 Å². The van der Waals surface area contributed by atoms with Crippen LogP contribution in [0.15, 0.2) is 48.9 Å². The Hall–Kier alpha value is -3.09. The van der Waals surface area contributed by atoms with Crippen molar-refractivity contribution in [3.8, 4) is 5.75 Å². The molecule has 1 saturated carbocycles. The molecule has 2 aliphatic rings. The van der Waals surface area contributed by atoms with Crippen LogP contribution in [0.5, 0.6) is 5.75 Å². The molecule has 4 heterocycles. The molecule has 41 heavy (non-hydrogen) atoms. The van der Waals surface area contributed by atoms with Crippen LogP contribution in [0.3, 0.4) is 0 Å². The highest BCUT2D eigenvalue weighted by atomic mass is 32.2. The Morgan fingerprint density at radius 3 is 2.59 bits per heavy atom. The number of piperidine rings is 1. The number of fused-ring (bicyclic) bond motifs is 3. The zero-order valence-corrected chi connectivity index (χ0v) is 23.2. The number of ether oxygens (including phenoxy) is 1. The first-order valence-electron chi connectivity index (χ1n) is 14.0. The Morgan fingerprint density at radius 2 is 1.85 bits per heavy atom. The third-order valence-corrected chi connectivity index (χ3v) is 9.68. The van der Waals surface area contributed by atoms with Crippen molar-refractivity contribution in [1.82, 2.24) is 25.1 Å². The van der Waals surface area contributed by atoms with Crippen LogP contribution in [0, 0.1) is 11.8 Å². The van der Waals surface area contributed by atoms with E-state index in [2.05, 4.69) is 25.1 Å². The number of pyridine rings is 1. The van der Waals surface area contributed by atoms with Crippen LogP contribution in [0.25, 0.3) is 21.8 Å². The molecule has 218 valence electrons. The number of hydrogen-bond donors (Lipinski definition) is 2. The number of halogens is 3. The Kier molecular flexibility index (Phi) is 7.97. The Labute approximate surface area is 238 Å². The van der Waals surface area contributed by atoms with Crippen molar-refractivity contribution in [2.45, 2.75) is 56.0 Å². The van der Waals surface area contributed by atoms with Crippen LogP contribution in [-0.2, 0) is 17.3 Å². The Balaban J connectivity index is 1.10. The summed E-state index contributed by atoms with van der Waals surface area (Å²) in [6, 6.07) is 6.70. The lowest BCUT2D eigenvalue weighted by molar-refractivity contribution is -0.137. The van der Waals surface area contributed by atoms with Gasteiger partial charge in [-0.05, 0) is 81.3 Å². The van der Waals surface area contributed by atoms with Gasteiger partial charge in [0.05, 0.1) is 18.4 Å². The first-order chi connectivity index (χ1) is 19.8. The summed E-state index contributed by atoms with van der Waals surface area (Å²) < 4.78 is 67.4. The molecule has 1 aliphatic heterocycles. The van der Waals surface area contributed by atoms with Gasteiger partial charge in [-0.15, -0.1) is 0 Å².